The summed E-state index contributed by atoms with van der Waals surface area (Å²) in [7, 11) is 1.45. The number of likely N-dealkylation sites (tertiary alicyclic amines) is 1. The summed E-state index contributed by atoms with van der Waals surface area (Å²) < 4.78 is 18.7. The Labute approximate surface area is 127 Å². The van der Waals surface area contributed by atoms with Gasteiger partial charge in [0.2, 0.25) is 0 Å². The minimum Gasteiger partial charge on any atom is -0.497 e. The molecule has 1 heterocycles. The van der Waals surface area contributed by atoms with E-state index in [1.165, 1.54) is 30.2 Å². The van der Waals surface area contributed by atoms with Gasteiger partial charge in [0.25, 0.3) is 0 Å². The van der Waals surface area contributed by atoms with E-state index in [9.17, 15) is 14.0 Å². The van der Waals surface area contributed by atoms with Crippen molar-refractivity contribution in [2.24, 2.45) is 11.8 Å². The zero-order valence-electron chi connectivity index (χ0n) is 12.5. The first kappa shape index (κ1) is 16.1. The van der Waals surface area contributed by atoms with Crippen molar-refractivity contribution in [2.75, 3.05) is 25.5 Å². The van der Waals surface area contributed by atoms with Crippen molar-refractivity contribution in [1.82, 2.24) is 4.90 Å². The summed E-state index contributed by atoms with van der Waals surface area (Å²) >= 11 is 0. The normalized spacial score (nSPS) is 21.3. The number of carboxylic acids is 1. The molecule has 2 amide bonds. The van der Waals surface area contributed by atoms with Crippen LogP contribution in [0.2, 0.25) is 0 Å². The van der Waals surface area contributed by atoms with Gasteiger partial charge in [0.15, 0.2) is 0 Å². The number of urea groups is 1. The number of amides is 2. The van der Waals surface area contributed by atoms with Crippen molar-refractivity contribution < 1.29 is 23.8 Å². The molecule has 22 heavy (non-hydrogen) atoms. The van der Waals surface area contributed by atoms with Gasteiger partial charge >= 0.3 is 12.0 Å². The highest BCUT2D eigenvalue weighted by Gasteiger charge is 2.32. The molecule has 1 fully saturated rings. The lowest BCUT2D eigenvalue weighted by Crippen LogP contribution is -2.47. The highest BCUT2D eigenvalue weighted by atomic mass is 19.1. The van der Waals surface area contributed by atoms with E-state index in [0.29, 0.717) is 18.7 Å². The van der Waals surface area contributed by atoms with Gasteiger partial charge in [-0.2, -0.15) is 0 Å². The van der Waals surface area contributed by atoms with E-state index >= 15 is 0 Å². The molecule has 7 heteroatoms. The number of carbonyl (C=O) groups excluding carboxylic acids is 1. The van der Waals surface area contributed by atoms with E-state index in [0.717, 1.165) is 0 Å². The predicted octanol–water partition coefficient (Wildman–Crippen LogP) is 2.41. The number of aliphatic carboxylic acids is 1. The molecule has 0 bridgehead atoms. The number of hydrogen-bond acceptors (Lipinski definition) is 3. The van der Waals surface area contributed by atoms with Crippen molar-refractivity contribution in [3.63, 3.8) is 0 Å². The number of hydrogen-bond donors (Lipinski definition) is 2. The van der Waals surface area contributed by atoms with Crippen LogP contribution in [0.1, 0.15) is 13.3 Å². The first-order chi connectivity index (χ1) is 10.4. The molecule has 1 aliphatic heterocycles. The van der Waals surface area contributed by atoms with Crippen molar-refractivity contribution in [3.8, 4) is 5.75 Å². The van der Waals surface area contributed by atoms with Gasteiger partial charge in [-0.15, -0.1) is 0 Å². The molecule has 0 radical (unpaired) electrons. The molecule has 1 aromatic rings. The van der Waals surface area contributed by atoms with E-state index in [2.05, 4.69) is 5.32 Å². The Morgan fingerprint density at radius 2 is 2.14 bits per heavy atom. The number of carbonyl (C=O) groups is 2. The Bertz CT molecular complexity index is 579. The van der Waals surface area contributed by atoms with Crippen LogP contribution in [0.4, 0.5) is 14.9 Å². The smallest absolute Gasteiger partial charge is 0.321 e. The molecule has 120 valence electrons. The number of anilines is 1. The number of rotatable bonds is 3. The summed E-state index contributed by atoms with van der Waals surface area (Å²) in [6.45, 7) is 2.46. The van der Waals surface area contributed by atoms with Crippen molar-refractivity contribution in [2.45, 2.75) is 13.3 Å². The Morgan fingerprint density at radius 3 is 2.77 bits per heavy atom. The van der Waals surface area contributed by atoms with Crippen LogP contribution in [0.5, 0.6) is 5.75 Å². The molecular formula is C15H19FN2O4. The Balaban J connectivity index is 2.09. The van der Waals surface area contributed by atoms with Gasteiger partial charge < -0.3 is 20.1 Å². The predicted molar refractivity (Wildman–Crippen MR) is 78.5 cm³/mol. The minimum atomic E-state index is -0.920. The number of nitrogens with one attached hydrogen (secondary N) is 1. The molecule has 0 saturated carbocycles. The largest absolute Gasteiger partial charge is 0.497 e. The van der Waals surface area contributed by atoms with E-state index in [1.54, 1.807) is 0 Å². The second-order valence-corrected chi connectivity index (χ2v) is 5.56. The molecule has 2 atom stereocenters. The first-order valence-electron chi connectivity index (χ1n) is 7.03. The maximum Gasteiger partial charge on any atom is 0.321 e. The van der Waals surface area contributed by atoms with Crippen molar-refractivity contribution in [3.05, 3.63) is 24.0 Å². The maximum absolute atomic E-state index is 13.7. The lowest BCUT2D eigenvalue weighted by Gasteiger charge is -2.34. The molecular weight excluding hydrogens is 291 g/mol. The van der Waals surface area contributed by atoms with Gasteiger partial charge in [-0.1, -0.05) is 6.92 Å². The fourth-order valence-electron chi connectivity index (χ4n) is 2.62. The number of benzene rings is 1. The van der Waals surface area contributed by atoms with Crippen LogP contribution in [0.25, 0.3) is 0 Å². The summed E-state index contributed by atoms with van der Waals surface area (Å²) in [6.07, 6.45) is 0.534. The number of methoxy groups -OCH3 is 1. The number of carboxylic acid groups (broad SMARTS) is 1. The molecule has 0 aromatic heterocycles. The molecule has 2 unspecified atom stereocenters. The fraction of sp³-hybridized carbons (Fsp3) is 0.467. The number of ether oxygens (including phenoxy) is 1. The lowest BCUT2D eigenvalue weighted by molar-refractivity contribution is -0.143. The minimum absolute atomic E-state index is 0.00875. The topological polar surface area (TPSA) is 78.9 Å². The summed E-state index contributed by atoms with van der Waals surface area (Å²) in [4.78, 5) is 24.8. The summed E-state index contributed by atoms with van der Waals surface area (Å²) in [5, 5.41) is 11.6. The van der Waals surface area contributed by atoms with Gasteiger partial charge in [0.1, 0.15) is 11.6 Å². The van der Waals surface area contributed by atoms with Crippen LogP contribution < -0.4 is 10.1 Å². The molecule has 1 saturated heterocycles. The van der Waals surface area contributed by atoms with Crippen LogP contribution >= 0.6 is 0 Å². The molecule has 1 aliphatic rings. The van der Waals surface area contributed by atoms with Crippen LogP contribution in [-0.4, -0.2) is 42.2 Å². The van der Waals surface area contributed by atoms with Crippen LogP contribution in [0.3, 0.4) is 0 Å². The highest BCUT2D eigenvalue weighted by Crippen LogP contribution is 2.24. The average molecular weight is 310 g/mol. The van der Waals surface area contributed by atoms with Gasteiger partial charge in [0, 0.05) is 19.2 Å². The van der Waals surface area contributed by atoms with Crippen LogP contribution in [0, 0.1) is 17.7 Å². The second kappa shape index (κ2) is 6.64. The first-order valence-corrected chi connectivity index (χ1v) is 7.03. The third-order valence-corrected chi connectivity index (χ3v) is 3.71. The maximum atomic E-state index is 13.7. The lowest BCUT2D eigenvalue weighted by atomic mass is 9.91. The Hall–Kier alpha value is -2.31. The third-order valence-electron chi connectivity index (χ3n) is 3.71. The Morgan fingerprint density at radius 1 is 1.41 bits per heavy atom. The van der Waals surface area contributed by atoms with Crippen LogP contribution in [-0.2, 0) is 4.79 Å². The zero-order valence-corrected chi connectivity index (χ0v) is 12.5. The quantitative estimate of drug-likeness (QED) is 0.898. The van der Waals surface area contributed by atoms with Gasteiger partial charge in [-0.3, -0.25) is 4.79 Å². The van der Waals surface area contributed by atoms with E-state index < -0.39 is 23.7 Å². The zero-order chi connectivity index (χ0) is 16.3. The van der Waals surface area contributed by atoms with Crippen LogP contribution in [0.15, 0.2) is 18.2 Å². The van der Waals surface area contributed by atoms with Crippen molar-refractivity contribution >= 4 is 17.7 Å². The van der Waals surface area contributed by atoms with Gasteiger partial charge in [0.05, 0.1) is 18.7 Å². The average Bonchev–Trinajstić information content (AvgIpc) is 2.48. The molecule has 0 aliphatic carbocycles. The van der Waals surface area contributed by atoms with Gasteiger partial charge in [-0.25, -0.2) is 9.18 Å². The van der Waals surface area contributed by atoms with Gasteiger partial charge in [-0.05, 0) is 24.5 Å². The third kappa shape index (κ3) is 3.66. The Kier molecular flexibility index (Phi) is 4.85. The van der Waals surface area contributed by atoms with E-state index in [-0.39, 0.29) is 18.2 Å². The molecule has 1 aromatic carbocycles. The summed E-state index contributed by atoms with van der Waals surface area (Å²) in [6, 6.07) is 3.53. The second-order valence-electron chi connectivity index (χ2n) is 5.56. The standard InChI is InChI=1S/C15H19FN2O4/c1-9-5-10(14(19)20)8-18(7-9)15(21)17-13-6-11(22-2)3-4-12(13)16/h3-4,6,9-10H,5,7-8H2,1-2H3,(H,17,21)(H,19,20). The van der Waals surface area contributed by atoms with Crippen molar-refractivity contribution in [1.29, 1.82) is 0 Å². The number of nitrogens with zero attached hydrogens (tertiary/aromatic N) is 1. The number of halogens is 1. The van der Waals surface area contributed by atoms with E-state index in [1.807, 2.05) is 6.92 Å². The SMILES string of the molecule is COc1ccc(F)c(NC(=O)N2CC(C)CC(C(=O)O)C2)c1. The molecule has 2 N–H and O–H groups in total. The monoisotopic (exact) mass is 310 g/mol. The molecule has 6 nitrogen and oxygen atoms in total. The fourth-order valence-corrected chi connectivity index (χ4v) is 2.62. The highest BCUT2D eigenvalue weighted by molar-refractivity contribution is 5.90. The molecule has 2 rings (SSSR count). The summed E-state index contributed by atoms with van der Waals surface area (Å²) in [5.41, 5.74) is 0.00875. The summed E-state index contributed by atoms with van der Waals surface area (Å²) in [5.74, 6) is -1.58. The van der Waals surface area contributed by atoms with E-state index in [4.69, 9.17) is 9.84 Å². The molecule has 0 spiro atoms. The number of piperidine rings is 1.